The summed E-state index contributed by atoms with van der Waals surface area (Å²) in [5, 5.41) is 6.64. The highest BCUT2D eigenvalue weighted by atomic mass is 79.9. The van der Waals surface area contributed by atoms with Crippen molar-refractivity contribution in [3.8, 4) is 0 Å². The van der Waals surface area contributed by atoms with Gasteiger partial charge in [0.25, 0.3) is 0 Å². The summed E-state index contributed by atoms with van der Waals surface area (Å²) in [6.07, 6.45) is 1.81. The lowest BCUT2D eigenvalue weighted by Gasteiger charge is -2.32. The molecule has 0 atom stereocenters. The Morgan fingerprint density at radius 3 is 2.63 bits per heavy atom. The number of hydrogen-bond acceptors (Lipinski definition) is 5. The molecule has 0 aliphatic carbocycles. The van der Waals surface area contributed by atoms with Crippen LogP contribution in [0.4, 0.5) is 17.6 Å². The van der Waals surface area contributed by atoms with Gasteiger partial charge >= 0.3 is 0 Å². The quantitative estimate of drug-likeness (QED) is 0.493. The maximum atomic E-state index is 4.89. The fraction of sp³-hybridized carbons (Fsp3) is 0.250. The van der Waals surface area contributed by atoms with Crippen LogP contribution in [0.5, 0.6) is 0 Å². The molecule has 1 aliphatic heterocycles. The van der Waals surface area contributed by atoms with Gasteiger partial charge in [-0.15, -0.1) is 0 Å². The summed E-state index contributed by atoms with van der Waals surface area (Å²) in [6, 6.07) is 18.9. The number of aromatic nitrogens is 2. The Labute approximate surface area is 186 Å². The number of rotatable bonds is 7. The first-order chi connectivity index (χ1) is 14.6. The minimum atomic E-state index is 0.640. The van der Waals surface area contributed by atoms with E-state index in [1.54, 1.807) is 0 Å². The zero-order valence-electron chi connectivity index (χ0n) is 17.2. The lowest BCUT2D eigenvalue weighted by Crippen LogP contribution is -2.30. The Kier molecular flexibility index (Phi) is 6.33. The first-order valence-corrected chi connectivity index (χ1v) is 11.0. The Bertz CT molecular complexity index is 1040. The van der Waals surface area contributed by atoms with Gasteiger partial charge in [0.15, 0.2) is 0 Å². The van der Waals surface area contributed by atoms with E-state index >= 15 is 0 Å². The zero-order chi connectivity index (χ0) is 20.9. The van der Waals surface area contributed by atoms with Crippen LogP contribution in [-0.2, 0) is 13.0 Å². The minimum absolute atomic E-state index is 0.640. The van der Waals surface area contributed by atoms with Gasteiger partial charge in [0.2, 0.25) is 5.95 Å². The third-order valence-corrected chi connectivity index (χ3v) is 5.76. The molecule has 0 unspecified atom stereocenters. The molecule has 30 heavy (non-hydrogen) atoms. The normalized spacial score (nSPS) is 13.1. The van der Waals surface area contributed by atoms with Crippen molar-refractivity contribution in [2.75, 3.05) is 35.7 Å². The van der Waals surface area contributed by atoms with E-state index in [-0.39, 0.29) is 0 Å². The van der Waals surface area contributed by atoms with Gasteiger partial charge in [0, 0.05) is 31.2 Å². The molecule has 5 nitrogen and oxygen atoms in total. The van der Waals surface area contributed by atoms with E-state index in [9.17, 15) is 0 Å². The van der Waals surface area contributed by atoms with Crippen LogP contribution < -0.4 is 15.5 Å². The highest BCUT2D eigenvalue weighted by Crippen LogP contribution is 2.38. The highest BCUT2D eigenvalue weighted by molar-refractivity contribution is 9.10. The monoisotopic (exact) mass is 463 g/mol. The zero-order valence-corrected chi connectivity index (χ0v) is 18.7. The summed E-state index contributed by atoms with van der Waals surface area (Å²) in [5.41, 5.74) is 4.64. The van der Waals surface area contributed by atoms with Gasteiger partial charge in [-0.1, -0.05) is 65.0 Å². The largest absolute Gasteiger partial charge is 0.372 e. The van der Waals surface area contributed by atoms with Gasteiger partial charge in [0.05, 0.1) is 5.56 Å². The van der Waals surface area contributed by atoms with Crippen molar-refractivity contribution in [1.29, 1.82) is 0 Å². The molecule has 154 valence electrons. The molecule has 4 rings (SSSR count). The van der Waals surface area contributed by atoms with E-state index in [0.29, 0.717) is 5.95 Å². The first-order valence-electron chi connectivity index (χ1n) is 10.2. The van der Waals surface area contributed by atoms with Crippen molar-refractivity contribution in [1.82, 2.24) is 9.97 Å². The Hall–Kier alpha value is -2.86. The molecule has 2 N–H and O–H groups in total. The van der Waals surface area contributed by atoms with Crippen LogP contribution in [0, 0.1) is 0 Å². The van der Waals surface area contributed by atoms with E-state index in [1.165, 1.54) is 11.1 Å². The molecule has 0 amide bonds. The first kappa shape index (κ1) is 20.4. The predicted molar refractivity (Wildman–Crippen MR) is 129 cm³/mol. The van der Waals surface area contributed by atoms with Crippen molar-refractivity contribution in [2.24, 2.45) is 0 Å². The van der Waals surface area contributed by atoms with Crippen molar-refractivity contribution in [3.05, 3.63) is 82.3 Å². The number of halogens is 1. The third-order valence-electron chi connectivity index (χ3n) is 5.27. The van der Waals surface area contributed by atoms with Crippen LogP contribution in [0.15, 0.2) is 65.6 Å². The molecule has 2 heterocycles. The number of anilines is 3. The second kappa shape index (κ2) is 9.30. The second-order valence-corrected chi connectivity index (χ2v) is 8.33. The summed E-state index contributed by atoms with van der Waals surface area (Å²) in [5.74, 6) is 2.41. The molecular formula is C24H26BrN5. The molecule has 1 aromatic heterocycles. The molecule has 2 aromatic carbocycles. The Morgan fingerprint density at radius 1 is 1.07 bits per heavy atom. The van der Waals surface area contributed by atoms with Crippen molar-refractivity contribution >= 4 is 39.1 Å². The van der Waals surface area contributed by atoms with E-state index in [2.05, 4.69) is 80.5 Å². The van der Waals surface area contributed by atoms with Crippen molar-refractivity contribution < 1.29 is 0 Å². The summed E-state index contributed by atoms with van der Waals surface area (Å²) < 4.78 is 1.09. The molecule has 0 fully saturated rings. The molecule has 0 spiro atoms. The smallest absolute Gasteiger partial charge is 0.226 e. The van der Waals surface area contributed by atoms with Crippen molar-refractivity contribution in [3.63, 3.8) is 0 Å². The highest BCUT2D eigenvalue weighted by Gasteiger charge is 2.25. The maximum absolute atomic E-state index is 4.89. The topological polar surface area (TPSA) is 53.1 Å². The van der Waals surface area contributed by atoms with Gasteiger partial charge in [-0.25, -0.2) is 0 Å². The SMILES string of the molecule is C=C1CCN(Cc2ccccc2)c2nc(NCCc3cccc(Br)c3)nc(NC)c21. The summed E-state index contributed by atoms with van der Waals surface area (Å²) in [6.45, 7) is 6.76. The molecule has 6 heteroatoms. The molecular weight excluding hydrogens is 438 g/mol. The standard InChI is InChI=1S/C24H26BrN5/c1-17-12-14-30(16-19-7-4-3-5-8-19)23-21(17)22(26-2)28-24(29-23)27-13-11-18-9-6-10-20(25)15-18/h3-10,15H,1,11-14,16H2,2H3,(H2,26,27,28,29). The van der Waals surface area contributed by atoms with E-state index in [1.807, 2.05) is 19.2 Å². The average molecular weight is 464 g/mol. The van der Waals surface area contributed by atoms with Crippen molar-refractivity contribution in [2.45, 2.75) is 19.4 Å². The lowest BCUT2D eigenvalue weighted by molar-refractivity contribution is 0.762. The molecule has 1 aliphatic rings. The van der Waals surface area contributed by atoms with E-state index in [4.69, 9.17) is 9.97 Å². The summed E-state index contributed by atoms with van der Waals surface area (Å²) >= 11 is 3.53. The maximum Gasteiger partial charge on any atom is 0.226 e. The second-order valence-electron chi connectivity index (χ2n) is 7.41. The fourth-order valence-corrected chi connectivity index (χ4v) is 4.18. The Balaban J connectivity index is 1.57. The number of nitrogens with zero attached hydrogens (tertiary/aromatic N) is 3. The number of fused-ring (bicyclic) bond motifs is 1. The van der Waals surface area contributed by atoms with Crippen LogP contribution in [0.25, 0.3) is 5.57 Å². The lowest BCUT2D eigenvalue weighted by atomic mass is 10.00. The molecule has 0 bridgehead atoms. The average Bonchev–Trinajstić information content (AvgIpc) is 2.76. The van der Waals surface area contributed by atoms with E-state index in [0.717, 1.165) is 59.7 Å². The van der Waals surface area contributed by atoms with Gasteiger partial charge in [-0.3, -0.25) is 0 Å². The van der Waals surface area contributed by atoms with Crippen LogP contribution >= 0.6 is 15.9 Å². The predicted octanol–water partition coefficient (Wildman–Crippen LogP) is 5.36. The number of nitrogens with one attached hydrogen (secondary N) is 2. The summed E-state index contributed by atoms with van der Waals surface area (Å²) in [7, 11) is 1.90. The van der Waals surface area contributed by atoms with Crippen LogP contribution in [0.1, 0.15) is 23.1 Å². The Morgan fingerprint density at radius 2 is 1.87 bits per heavy atom. The van der Waals surface area contributed by atoms with Gasteiger partial charge in [0.1, 0.15) is 11.6 Å². The summed E-state index contributed by atoms with van der Waals surface area (Å²) in [4.78, 5) is 11.9. The van der Waals surface area contributed by atoms with Crippen LogP contribution in [0.2, 0.25) is 0 Å². The van der Waals surface area contributed by atoms with Gasteiger partial charge in [-0.05, 0) is 41.7 Å². The van der Waals surface area contributed by atoms with Crippen LogP contribution in [0.3, 0.4) is 0 Å². The van der Waals surface area contributed by atoms with E-state index < -0.39 is 0 Å². The van der Waals surface area contributed by atoms with Gasteiger partial charge in [-0.2, -0.15) is 9.97 Å². The minimum Gasteiger partial charge on any atom is -0.372 e. The molecule has 0 saturated heterocycles. The number of hydrogen-bond donors (Lipinski definition) is 2. The molecule has 0 radical (unpaired) electrons. The molecule has 3 aromatic rings. The van der Waals surface area contributed by atoms with Crippen LogP contribution in [-0.4, -0.2) is 30.1 Å². The van der Waals surface area contributed by atoms with Gasteiger partial charge < -0.3 is 15.5 Å². The number of benzene rings is 2. The molecule has 0 saturated carbocycles. The third kappa shape index (κ3) is 4.65. The fourth-order valence-electron chi connectivity index (χ4n) is 3.73.